The summed E-state index contributed by atoms with van der Waals surface area (Å²) in [4.78, 5) is 14.5. The van der Waals surface area contributed by atoms with Crippen molar-refractivity contribution in [3.63, 3.8) is 0 Å². The topological polar surface area (TPSA) is 77.9 Å². The highest BCUT2D eigenvalue weighted by atomic mass is 32.2. The van der Waals surface area contributed by atoms with E-state index < -0.39 is 22.0 Å². The van der Waals surface area contributed by atoms with Crippen molar-refractivity contribution in [1.82, 2.24) is 9.21 Å². The third-order valence-corrected chi connectivity index (χ3v) is 7.20. The van der Waals surface area contributed by atoms with Gasteiger partial charge in [0.2, 0.25) is 10.0 Å². The van der Waals surface area contributed by atoms with E-state index in [0.717, 1.165) is 21.0 Å². The maximum Gasteiger partial charge on any atom is 0.253 e. The molecule has 0 saturated carbocycles. The average Bonchev–Trinajstić information content (AvgIpc) is 3.01. The molecule has 2 aromatic carbocycles. The quantitative estimate of drug-likeness (QED) is 0.830. The predicted molar refractivity (Wildman–Crippen MR) is 109 cm³/mol. The Balaban J connectivity index is 1.78. The van der Waals surface area contributed by atoms with Crippen molar-refractivity contribution in [2.45, 2.75) is 13.0 Å². The van der Waals surface area contributed by atoms with Gasteiger partial charge in [0.05, 0.1) is 11.9 Å². The lowest BCUT2D eigenvalue weighted by molar-refractivity contribution is 0.0765. The molecule has 0 unspecified atom stereocenters. The number of amides is 1. The van der Waals surface area contributed by atoms with E-state index >= 15 is 0 Å². The normalized spacial score (nSPS) is 20.0. The van der Waals surface area contributed by atoms with Crippen molar-refractivity contribution >= 4 is 15.9 Å². The first-order chi connectivity index (χ1) is 13.2. The van der Waals surface area contributed by atoms with Crippen molar-refractivity contribution in [3.05, 3.63) is 59.7 Å². The molecule has 0 spiro atoms. The van der Waals surface area contributed by atoms with Crippen molar-refractivity contribution in [2.75, 3.05) is 32.9 Å². The fourth-order valence-corrected chi connectivity index (χ4v) is 4.67. The number of likely N-dealkylation sites (tertiary alicyclic amines) is 1. The van der Waals surface area contributed by atoms with Gasteiger partial charge in [-0.25, -0.2) is 12.7 Å². The molecule has 1 fully saturated rings. The molecule has 0 aliphatic carbocycles. The van der Waals surface area contributed by atoms with Gasteiger partial charge in [0.15, 0.2) is 0 Å². The zero-order valence-corrected chi connectivity index (χ0v) is 17.2. The Morgan fingerprint density at radius 1 is 1.14 bits per heavy atom. The van der Waals surface area contributed by atoms with E-state index in [1.807, 2.05) is 49.4 Å². The summed E-state index contributed by atoms with van der Waals surface area (Å²) in [5.74, 6) is -0.857. The van der Waals surface area contributed by atoms with Crippen LogP contribution in [-0.4, -0.2) is 67.7 Å². The number of benzene rings is 2. The van der Waals surface area contributed by atoms with Gasteiger partial charge in [0.25, 0.3) is 5.91 Å². The van der Waals surface area contributed by atoms with Gasteiger partial charge in [-0.15, -0.1) is 0 Å². The summed E-state index contributed by atoms with van der Waals surface area (Å²) >= 11 is 0. The molecule has 1 aliphatic rings. The number of sulfonamides is 1. The lowest BCUT2D eigenvalue weighted by Crippen LogP contribution is -2.33. The lowest BCUT2D eigenvalue weighted by atomic mass is 9.99. The van der Waals surface area contributed by atoms with Crippen molar-refractivity contribution in [3.8, 4) is 11.1 Å². The van der Waals surface area contributed by atoms with Gasteiger partial charge >= 0.3 is 0 Å². The molecule has 7 heteroatoms. The van der Waals surface area contributed by atoms with Crippen LogP contribution >= 0.6 is 0 Å². The highest BCUT2D eigenvalue weighted by Gasteiger charge is 2.37. The van der Waals surface area contributed by atoms with Crippen molar-refractivity contribution < 1.29 is 18.3 Å². The molecule has 1 aliphatic heterocycles. The number of aliphatic hydroxyl groups is 1. The Labute approximate surface area is 166 Å². The number of rotatable bonds is 5. The minimum Gasteiger partial charge on any atom is -0.391 e. The summed E-state index contributed by atoms with van der Waals surface area (Å²) in [6.45, 7) is 2.39. The molecular weight excluding hydrogens is 376 g/mol. The second-order valence-corrected chi connectivity index (χ2v) is 9.72. The highest BCUT2D eigenvalue weighted by molar-refractivity contribution is 7.89. The highest BCUT2D eigenvalue weighted by Crippen LogP contribution is 2.26. The Kier molecular flexibility index (Phi) is 5.88. The number of hydrogen-bond donors (Lipinski definition) is 1. The molecule has 28 heavy (non-hydrogen) atoms. The van der Waals surface area contributed by atoms with Gasteiger partial charge in [-0.2, -0.15) is 0 Å². The number of hydrogen-bond acceptors (Lipinski definition) is 4. The Bertz CT molecular complexity index is 972. The van der Waals surface area contributed by atoms with Gasteiger partial charge < -0.3 is 10.0 Å². The molecule has 2 aromatic rings. The second-order valence-electron chi connectivity index (χ2n) is 7.49. The molecule has 0 radical (unpaired) electrons. The maximum absolute atomic E-state index is 13.0. The number of nitrogens with zero attached hydrogens (tertiary/aromatic N) is 2. The monoisotopic (exact) mass is 402 g/mol. The summed E-state index contributed by atoms with van der Waals surface area (Å²) < 4.78 is 25.4. The summed E-state index contributed by atoms with van der Waals surface area (Å²) in [5.41, 5.74) is 3.67. The van der Waals surface area contributed by atoms with Crippen LogP contribution in [0.3, 0.4) is 0 Å². The van der Waals surface area contributed by atoms with Crippen LogP contribution in [-0.2, 0) is 10.0 Å². The third kappa shape index (κ3) is 4.27. The van der Waals surface area contributed by atoms with E-state index in [1.54, 1.807) is 6.07 Å². The number of carbonyl (C=O) groups excluding carboxylic acids is 1. The first-order valence-electron chi connectivity index (χ1n) is 9.22. The van der Waals surface area contributed by atoms with Crippen LogP contribution in [0.15, 0.2) is 48.5 Å². The van der Waals surface area contributed by atoms with Crippen LogP contribution in [0.4, 0.5) is 0 Å². The summed E-state index contributed by atoms with van der Waals surface area (Å²) in [6, 6.07) is 15.4. The van der Waals surface area contributed by atoms with E-state index in [4.69, 9.17) is 0 Å². The zero-order valence-electron chi connectivity index (χ0n) is 16.4. The minimum atomic E-state index is -3.44. The number of β-amino-alcohol motifs (C(OH)–C–C–N with tert-alkyl or cyclic N) is 1. The number of aryl methyl sites for hydroxylation is 1. The average molecular weight is 403 g/mol. The molecule has 2 atom stereocenters. The summed E-state index contributed by atoms with van der Waals surface area (Å²) in [6.07, 6.45) is -0.849. The SMILES string of the molecule is Cc1ccccc1-c1cccc(C(=O)N2C[C@@H](CS(=O)(=O)N(C)C)[C@@H](O)C2)c1. The van der Waals surface area contributed by atoms with E-state index in [1.165, 1.54) is 19.0 Å². The molecule has 1 saturated heterocycles. The van der Waals surface area contributed by atoms with Crippen molar-refractivity contribution in [2.24, 2.45) is 5.92 Å². The first-order valence-corrected chi connectivity index (χ1v) is 10.8. The molecule has 1 amide bonds. The summed E-state index contributed by atoms with van der Waals surface area (Å²) in [7, 11) is -0.503. The largest absolute Gasteiger partial charge is 0.391 e. The van der Waals surface area contributed by atoms with Gasteiger partial charge in [0.1, 0.15) is 0 Å². The number of carbonyl (C=O) groups is 1. The second kappa shape index (κ2) is 8.03. The molecule has 1 heterocycles. The maximum atomic E-state index is 13.0. The predicted octanol–water partition coefficient (Wildman–Crippen LogP) is 1.99. The fourth-order valence-electron chi connectivity index (χ4n) is 3.50. The molecule has 6 nitrogen and oxygen atoms in total. The third-order valence-electron chi connectivity index (χ3n) is 5.24. The van der Waals surface area contributed by atoms with E-state index in [2.05, 4.69) is 0 Å². The molecule has 3 rings (SSSR count). The van der Waals surface area contributed by atoms with Crippen LogP contribution in [0.1, 0.15) is 15.9 Å². The Morgan fingerprint density at radius 2 is 1.86 bits per heavy atom. The zero-order chi connectivity index (χ0) is 20.5. The van der Waals surface area contributed by atoms with Gasteiger partial charge in [-0.1, -0.05) is 36.4 Å². The lowest BCUT2D eigenvalue weighted by Gasteiger charge is -2.18. The van der Waals surface area contributed by atoms with Gasteiger partial charge in [0, 0.05) is 38.7 Å². The van der Waals surface area contributed by atoms with Crippen LogP contribution < -0.4 is 0 Å². The smallest absolute Gasteiger partial charge is 0.253 e. The summed E-state index contributed by atoms with van der Waals surface area (Å²) in [5, 5.41) is 10.3. The minimum absolute atomic E-state index is 0.140. The molecule has 1 N–H and O–H groups in total. The van der Waals surface area contributed by atoms with Gasteiger partial charge in [-0.05, 0) is 35.7 Å². The molecule has 0 aromatic heterocycles. The molecule has 150 valence electrons. The van der Waals surface area contributed by atoms with Gasteiger partial charge in [-0.3, -0.25) is 4.79 Å². The van der Waals surface area contributed by atoms with Crippen molar-refractivity contribution in [1.29, 1.82) is 0 Å². The van der Waals surface area contributed by atoms with Crippen LogP contribution in [0.25, 0.3) is 11.1 Å². The van der Waals surface area contributed by atoms with Crippen LogP contribution in [0.2, 0.25) is 0 Å². The number of aliphatic hydroxyl groups excluding tert-OH is 1. The molecule has 0 bridgehead atoms. The Hall–Kier alpha value is -2.22. The van der Waals surface area contributed by atoms with E-state index in [0.29, 0.717) is 5.56 Å². The molecular formula is C21H26N2O4S. The Morgan fingerprint density at radius 3 is 2.54 bits per heavy atom. The van der Waals surface area contributed by atoms with Crippen LogP contribution in [0.5, 0.6) is 0 Å². The van der Waals surface area contributed by atoms with E-state index in [9.17, 15) is 18.3 Å². The fraction of sp³-hybridized carbons (Fsp3) is 0.381. The first kappa shape index (κ1) is 20.5. The standard InChI is InChI=1S/C21H26N2O4S/c1-15-7-4-5-10-19(15)16-8-6-9-17(11-16)21(25)23-12-18(20(24)13-23)14-28(26,27)22(2)3/h4-11,18,20,24H,12-14H2,1-3H3/t18-,20-/m0/s1. The van der Waals surface area contributed by atoms with E-state index in [-0.39, 0.29) is 24.7 Å². The van der Waals surface area contributed by atoms with Crippen LogP contribution in [0, 0.1) is 12.8 Å².